The second-order valence-electron chi connectivity index (χ2n) is 0.149. The van der Waals surface area contributed by atoms with Crippen molar-refractivity contribution < 1.29 is 0 Å². The molecule has 0 heterocycles. The summed E-state index contributed by atoms with van der Waals surface area (Å²) in [6.45, 7) is 0. The summed E-state index contributed by atoms with van der Waals surface area (Å²) in [5, 5.41) is 18.0. The maximum absolute atomic E-state index is 8.00. The molecular formula is HCaN2NaO4. The van der Waals surface area contributed by atoms with Crippen molar-refractivity contribution in [1.82, 2.24) is 0 Å². The van der Waals surface area contributed by atoms with Crippen molar-refractivity contribution in [1.29, 1.82) is 0 Å². The Morgan fingerprint density at radius 1 is 1.00 bits per heavy atom. The number of nitrogens with zero attached hydrogens (tertiary/aromatic N) is 2. The van der Waals surface area contributed by atoms with E-state index in [4.69, 9.17) is 20.2 Å². The number of rotatable bonds is 0. The van der Waals surface area contributed by atoms with E-state index in [-0.39, 0.29) is 67.3 Å². The summed E-state index contributed by atoms with van der Waals surface area (Å²) in [4.78, 5) is 16.0. The van der Waals surface area contributed by atoms with Crippen LogP contribution >= 0.6 is 0 Å². The summed E-state index contributed by atoms with van der Waals surface area (Å²) in [6.07, 6.45) is 0. The Labute approximate surface area is 96.8 Å². The molecule has 0 amide bonds. The second kappa shape index (κ2) is 42.9. The maximum atomic E-state index is 8.00. The average Bonchev–Trinajstić information content (AvgIpc) is 1.39. The van der Waals surface area contributed by atoms with E-state index in [1.54, 1.807) is 0 Å². The molecule has 6 nitrogen and oxygen atoms in total. The first-order valence-electron chi connectivity index (χ1n) is 0.730. The molecule has 0 fully saturated rings. The van der Waals surface area contributed by atoms with Gasteiger partial charge in [0.05, 0.1) is 0 Å². The van der Waals surface area contributed by atoms with Crippen LogP contribution < -0.4 is 0 Å². The third-order valence-electron chi connectivity index (χ3n) is 0. The van der Waals surface area contributed by atoms with Crippen molar-refractivity contribution in [3.8, 4) is 0 Å². The Morgan fingerprint density at radius 2 is 1.00 bits per heavy atom. The van der Waals surface area contributed by atoms with Crippen LogP contribution in [0.4, 0.5) is 0 Å². The van der Waals surface area contributed by atoms with Gasteiger partial charge in [0.15, 0.2) is 0 Å². The van der Waals surface area contributed by atoms with Crippen LogP contribution in [0, 0.1) is 20.2 Å². The van der Waals surface area contributed by atoms with Crippen molar-refractivity contribution in [3.05, 3.63) is 20.2 Å². The molecule has 0 aliphatic rings. The van der Waals surface area contributed by atoms with Gasteiger partial charge < -0.3 is 20.2 Å². The van der Waals surface area contributed by atoms with Gasteiger partial charge in [-0.1, -0.05) is 0 Å². The zero-order valence-electron chi connectivity index (χ0n) is 3.23. The van der Waals surface area contributed by atoms with Crippen LogP contribution in [0.1, 0.15) is 0 Å². The van der Waals surface area contributed by atoms with Crippen LogP contribution in [0.2, 0.25) is 0 Å². The minimum absolute atomic E-state index is 0. The Bertz CT molecular complexity index is 35.0. The van der Waals surface area contributed by atoms with E-state index in [1.165, 1.54) is 0 Å². The molecule has 0 atom stereocenters. The van der Waals surface area contributed by atoms with Gasteiger partial charge in [-0.2, -0.15) is 0 Å². The Hall–Kier alpha value is 1.06. The average molecular weight is 156 g/mol. The Kier molecular flexibility index (Phi) is 123. The van der Waals surface area contributed by atoms with Crippen molar-refractivity contribution in [2.24, 2.45) is 10.7 Å². The fraction of sp³-hybridized carbons (Fsp3) is 0. The quantitative estimate of drug-likeness (QED) is 0.267. The van der Waals surface area contributed by atoms with Gasteiger partial charge in [0, 0.05) is 0 Å². The fourth-order valence-corrected chi connectivity index (χ4v) is 0. The first-order chi connectivity index (χ1) is 2.83. The molecule has 0 bridgehead atoms. The first kappa shape index (κ1) is 23.0. The predicted molar refractivity (Wildman–Crippen MR) is 31.2 cm³/mol. The monoisotopic (exact) mass is 156 g/mol. The molecule has 0 unspecified atom stereocenters. The van der Waals surface area contributed by atoms with E-state index in [9.17, 15) is 0 Å². The second-order valence-corrected chi connectivity index (χ2v) is 0.149. The summed E-state index contributed by atoms with van der Waals surface area (Å²) in [6, 6.07) is 0. The van der Waals surface area contributed by atoms with Crippen LogP contribution in [0.25, 0.3) is 0 Å². The zero-order chi connectivity index (χ0) is 5.41. The SMILES string of the molecule is O=N[O-].O=N[O-].[Ca+2].[NaH]. The van der Waals surface area contributed by atoms with E-state index in [0.29, 0.717) is 0 Å². The predicted octanol–water partition coefficient (Wildman–Crippen LogP) is -0.528. The van der Waals surface area contributed by atoms with Crippen molar-refractivity contribution in [3.63, 3.8) is 0 Å². The summed E-state index contributed by atoms with van der Waals surface area (Å²) < 4.78 is 0. The molecule has 0 aromatic rings. The first-order valence-corrected chi connectivity index (χ1v) is 0.730. The number of hydrogen-bond acceptors (Lipinski definition) is 6. The van der Waals surface area contributed by atoms with Gasteiger partial charge in [-0.15, -0.1) is 10.7 Å². The zero-order valence-corrected chi connectivity index (χ0v) is 5.44. The molecular weight excluding hydrogens is 155 g/mol. The molecule has 0 aliphatic carbocycles. The van der Waals surface area contributed by atoms with Crippen LogP contribution in [-0.2, 0) is 0 Å². The molecule has 0 radical (unpaired) electrons. The van der Waals surface area contributed by atoms with E-state index in [1.807, 2.05) is 0 Å². The van der Waals surface area contributed by atoms with E-state index < -0.39 is 0 Å². The standard InChI is InChI=1S/Ca.2HNO2.Na.H/c;2*2-1-3;;/h;2*(H,2,3);;/q+2;;;;/p-2. The summed E-state index contributed by atoms with van der Waals surface area (Å²) in [5.41, 5.74) is 0. The van der Waals surface area contributed by atoms with Gasteiger partial charge in [-0.25, -0.2) is 0 Å². The molecule has 0 spiro atoms. The third-order valence-corrected chi connectivity index (χ3v) is 0. The molecule has 8 heteroatoms. The molecule has 0 aromatic heterocycles. The molecule has 0 N–H and O–H groups in total. The van der Waals surface area contributed by atoms with E-state index >= 15 is 0 Å². The van der Waals surface area contributed by atoms with Crippen LogP contribution in [-0.4, -0.2) is 67.3 Å². The topological polar surface area (TPSA) is 105 Å². The van der Waals surface area contributed by atoms with Gasteiger partial charge in [-0.3, -0.25) is 0 Å². The molecule has 0 aromatic carbocycles. The van der Waals surface area contributed by atoms with E-state index in [2.05, 4.69) is 0 Å². The van der Waals surface area contributed by atoms with Crippen LogP contribution in [0.3, 0.4) is 0 Å². The van der Waals surface area contributed by atoms with Gasteiger partial charge in [-0.05, 0) is 0 Å². The third kappa shape index (κ3) is 231. The number of hydrogen-bond donors (Lipinski definition) is 0. The Balaban J connectivity index is -0.0000000160. The summed E-state index contributed by atoms with van der Waals surface area (Å²) >= 11 is 0. The van der Waals surface area contributed by atoms with Gasteiger partial charge in [0.1, 0.15) is 0 Å². The summed E-state index contributed by atoms with van der Waals surface area (Å²) in [7, 11) is 0. The Morgan fingerprint density at radius 3 is 1.00 bits per heavy atom. The van der Waals surface area contributed by atoms with Crippen LogP contribution in [0.5, 0.6) is 0 Å². The molecule has 38 valence electrons. The van der Waals surface area contributed by atoms with Gasteiger partial charge in [0.2, 0.25) is 0 Å². The fourth-order valence-electron chi connectivity index (χ4n) is 0. The molecule has 8 heavy (non-hydrogen) atoms. The van der Waals surface area contributed by atoms with Crippen molar-refractivity contribution in [2.75, 3.05) is 0 Å². The summed E-state index contributed by atoms with van der Waals surface area (Å²) in [5.74, 6) is 0. The van der Waals surface area contributed by atoms with Crippen molar-refractivity contribution >= 4 is 67.3 Å². The molecule has 0 saturated carbocycles. The van der Waals surface area contributed by atoms with Gasteiger partial charge >= 0.3 is 67.3 Å². The van der Waals surface area contributed by atoms with Crippen molar-refractivity contribution in [2.45, 2.75) is 0 Å². The minimum atomic E-state index is 0. The molecule has 0 saturated heterocycles. The molecule has 0 aliphatic heterocycles. The van der Waals surface area contributed by atoms with Crippen LogP contribution in [0.15, 0.2) is 10.7 Å². The van der Waals surface area contributed by atoms with E-state index in [0.717, 1.165) is 10.7 Å². The normalized spacial score (nSPS) is 3.00. The van der Waals surface area contributed by atoms with Gasteiger partial charge in [0.25, 0.3) is 0 Å². The molecule has 0 rings (SSSR count).